The van der Waals surface area contributed by atoms with Crippen molar-refractivity contribution in [2.24, 2.45) is 0 Å². The van der Waals surface area contributed by atoms with Crippen molar-refractivity contribution >= 4 is 27.5 Å². The molecule has 1 aliphatic carbocycles. The Hall–Kier alpha value is -4.63. The van der Waals surface area contributed by atoms with Gasteiger partial charge >= 0.3 is 0 Å². The Morgan fingerprint density at radius 1 is 0.812 bits per heavy atom. The topological polar surface area (TPSA) is 96.0 Å². The van der Waals surface area contributed by atoms with Crippen molar-refractivity contribution in [1.29, 1.82) is 0 Å². The smallest absolute Gasteiger partial charge is 0.264 e. The molecule has 4 aromatic rings. The number of carbonyl (C=O) groups excluding carboxylic acids is 2. The summed E-state index contributed by atoms with van der Waals surface area (Å²) in [6, 6.07) is 31.5. The number of carbonyl (C=O) groups is 2. The fraction of sp³-hybridized carbons (Fsp3) is 0.333. The Labute approximate surface area is 284 Å². The third-order valence-corrected chi connectivity index (χ3v) is 10.5. The van der Waals surface area contributed by atoms with Crippen LogP contribution < -0.4 is 14.4 Å². The Morgan fingerprint density at radius 3 is 2.02 bits per heavy atom. The van der Waals surface area contributed by atoms with Gasteiger partial charge in [-0.15, -0.1) is 0 Å². The monoisotopic (exact) mass is 667 g/mol. The van der Waals surface area contributed by atoms with E-state index >= 15 is 0 Å². The Morgan fingerprint density at radius 2 is 1.42 bits per heavy atom. The molecule has 0 aliphatic heterocycles. The van der Waals surface area contributed by atoms with Gasteiger partial charge in [0.25, 0.3) is 10.0 Å². The molecule has 48 heavy (non-hydrogen) atoms. The largest absolute Gasteiger partial charge is 0.494 e. The van der Waals surface area contributed by atoms with E-state index in [4.69, 9.17) is 4.74 Å². The Kier molecular flexibility index (Phi) is 11.9. The number of ether oxygens (including phenoxy) is 1. The van der Waals surface area contributed by atoms with E-state index in [2.05, 4.69) is 5.32 Å². The summed E-state index contributed by atoms with van der Waals surface area (Å²) in [5, 5.41) is 3.25. The summed E-state index contributed by atoms with van der Waals surface area (Å²) in [5.74, 6) is -0.125. The van der Waals surface area contributed by atoms with Crippen LogP contribution in [0.3, 0.4) is 0 Å². The summed E-state index contributed by atoms with van der Waals surface area (Å²) in [4.78, 5) is 30.5. The molecular formula is C39H45N3O5S. The van der Waals surface area contributed by atoms with E-state index in [1.807, 2.05) is 74.5 Å². The zero-order valence-electron chi connectivity index (χ0n) is 27.8. The van der Waals surface area contributed by atoms with Gasteiger partial charge in [-0.05, 0) is 74.2 Å². The molecule has 0 heterocycles. The maximum atomic E-state index is 14.7. The van der Waals surface area contributed by atoms with Gasteiger partial charge in [0, 0.05) is 19.0 Å². The van der Waals surface area contributed by atoms with E-state index in [0.29, 0.717) is 18.0 Å². The summed E-state index contributed by atoms with van der Waals surface area (Å²) in [7, 11) is -4.18. The maximum Gasteiger partial charge on any atom is 0.264 e. The van der Waals surface area contributed by atoms with Crippen LogP contribution in [0.5, 0.6) is 5.75 Å². The second kappa shape index (κ2) is 16.5. The number of benzene rings is 4. The van der Waals surface area contributed by atoms with Gasteiger partial charge in [0.1, 0.15) is 18.3 Å². The van der Waals surface area contributed by atoms with E-state index in [0.717, 1.165) is 53.1 Å². The highest BCUT2D eigenvalue weighted by atomic mass is 32.2. The second-order valence-corrected chi connectivity index (χ2v) is 14.2. The number of sulfonamides is 1. The molecule has 252 valence electrons. The third kappa shape index (κ3) is 9.04. The first-order chi connectivity index (χ1) is 23.2. The summed E-state index contributed by atoms with van der Waals surface area (Å²) < 4.78 is 35.3. The first kappa shape index (κ1) is 34.7. The van der Waals surface area contributed by atoms with Crippen LogP contribution in [-0.4, -0.2) is 50.4 Å². The first-order valence-corrected chi connectivity index (χ1v) is 18.2. The van der Waals surface area contributed by atoms with Gasteiger partial charge in [0.2, 0.25) is 11.8 Å². The average Bonchev–Trinajstić information content (AvgIpc) is 3.10. The molecule has 9 heteroatoms. The fourth-order valence-corrected chi connectivity index (χ4v) is 7.53. The maximum absolute atomic E-state index is 14.7. The standard InChI is InChI=1S/C39H45N3O5S/c1-3-47-35-23-21-34(22-24-35)42(48(45,46)36-25-19-30(2)20-26-36)29-38(43)41(28-32-15-9-5-10-16-32)37(27-31-13-7-4-8-14-31)39(44)40-33-17-11-6-12-18-33/h4-5,7-10,13-16,19-26,33,37H,3,6,11-12,17-18,27-29H2,1-2H3,(H,40,44)/t37-/m0/s1. The highest BCUT2D eigenvalue weighted by Gasteiger charge is 2.35. The minimum absolute atomic E-state index is 0.0421. The number of hydrogen-bond donors (Lipinski definition) is 1. The minimum atomic E-state index is -4.18. The molecule has 0 aromatic heterocycles. The highest BCUT2D eigenvalue weighted by Crippen LogP contribution is 2.27. The number of nitrogens with zero attached hydrogens (tertiary/aromatic N) is 2. The quantitative estimate of drug-likeness (QED) is 0.162. The van der Waals surface area contributed by atoms with Gasteiger partial charge in [-0.1, -0.05) is 97.6 Å². The van der Waals surface area contributed by atoms with Crippen molar-refractivity contribution in [2.75, 3.05) is 17.5 Å². The first-order valence-electron chi connectivity index (χ1n) is 16.7. The zero-order valence-corrected chi connectivity index (χ0v) is 28.6. The van der Waals surface area contributed by atoms with Crippen molar-refractivity contribution in [3.05, 3.63) is 126 Å². The van der Waals surface area contributed by atoms with Crippen LogP contribution in [-0.2, 0) is 32.6 Å². The highest BCUT2D eigenvalue weighted by molar-refractivity contribution is 7.92. The van der Waals surface area contributed by atoms with Crippen molar-refractivity contribution in [1.82, 2.24) is 10.2 Å². The normalized spacial score (nSPS) is 14.1. The second-order valence-electron chi connectivity index (χ2n) is 12.3. The summed E-state index contributed by atoms with van der Waals surface area (Å²) >= 11 is 0. The molecule has 1 N–H and O–H groups in total. The molecule has 0 saturated heterocycles. The minimum Gasteiger partial charge on any atom is -0.494 e. The van der Waals surface area contributed by atoms with Gasteiger partial charge < -0.3 is 15.0 Å². The van der Waals surface area contributed by atoms with Crippen molar-refractivity contribution in [3.8, 4) is 5.75 Å². The zero-order chi connectivity index (χ0) is 33.9. The molecule has 1 aliphatic rings. The lowest BCUT2D eigenvalue weighted by Gasteiger charge is -2.35. The van der Waals surface area contributed by atoms with Crippen molar-refractivity contribution < 1.29 is 22.7 Å². The van der Waals surface area contributed by atoms with Crippen molar-refractivity contribution in [2.45, 2.75) is 75.9 Å². The fourth-order valence-electron chi connectivity index (χ4n) is 6.12. The van der Waals surface area contributed by atoms with Gasteiger partial charge in [-0.3, -0.25) is 13.9 Å². The molecule has 0 radical (unpaired) electrons. The molecule has 5 rings (SSSR count). The molecule has 0 spiro atoms. The lowest BCUT2D eigenvalue weighted by Crippen LogP contribution is -2.55. The van der Waals surface area contributed by atoms with Gasteiger partial charge in [-0.25, -0.2) is 8.42 Å². The molecule has 4 aromatic carbocycles. The number of amides is 2. The lowest BCUT2D eigenvalue weighted by atomic mass is 9.94. The third-order valence-electron chi connectivity index (χ3n) is 8.74. The van der Waals surface area contributed by atoms with Crippen LogP contribution in [0, 0.1) is 6.92 Å². The molecule has 0 bridgehead atoms. The molecule has 2 amide bonds. The number of hydrogen-bond acceptors (Lipinski definition) is 5. The van der Waals surface area contributed by atoms with Crippen LogP contribution >= 0.6 is 0 Å². The molecule has 8 nitrogen and oxygen atoms in total. The van der Waals surface area contributed by atoms with E-state index in [-0.39, 0.29) is 29.8 Å². The molecule has 1 fully saturated rings. The predicted octanol–water partition coefficient (Wildman–Crippen LogP) is 6.68. The van der Waals surface area contributed by atoms with Crippen LogP contribution in [0.25, 0.3) is 0 Å². The van der Waals surface area contributed by atoms with Crippen LogP contribution in [0.2, 0.25) is 0 Å². The predicted molar refractivity (Wildman–Crippen MR) is 189 cm³/mol. The Bertz CT molecular complexity index is 1720. The summed E-state index contributed by atoms with van der Waals surface area (Å²) in [5.41, 5.74) is 2.98. The summed E-state index contributed by atoms with van der Waals surface area (Å²) in [6.07, 6.45) is 5.33. The van der Waals surface area contributed by atoms with E-state index in [9.17, 15) is 18.0 Å². The summed E-state index contributed by atoms with van der Waals surface area (Å²) in [6.45, 7) is 3.86. The van der Waals surface area contributed by atoms with Crippen molar-refractivity contribution in [3.63, 3.8) is 0 Å². The van der Waals surface area contributed by atoms with E-state index in [1.165, 1.54) is 0 Å². The van der Waals surface area contributed by atoms with Gasteiger partial charge in [0.05, 0.1) is 17.2 Å². The molecule has 1 atom stereocenters. The lowest BCUT2D eigenvalue weighted by molar-refractivity contribution is -0.140. The number of rotatable bonds is 14. The number of aryl methyl sites for hydroxylation is 1. The average molecular weight is 668 g/mol. The number of anilines is 1. The van der Waals surface area contributed by atoms with E-state index in [1.54, 1.807) is 53.4 Å². The number of nitrogens with one attached hydrogen (secondary N) is 1. The van der Waals surface area contributed by atoms with Crippen LogP contribution in [0.4, 0.5) is 5.69 Å². The van der Waals surface area contributed by atoms with E-state index < -0.39 is 28.5 Å². The van der Waals surface area contributed by atoms with Crippen LogP contribution in [0.15, 0.2) is 114 Å². The van der Waals surface area contributed by atoms with Gasteiger partial charge in [-0.2, -0.15) is 0 Å². The van der Waals surface area contributed by atoms with Gasteiger partial charge in [0.15, 0.2) is 0 Å². The molecular weight excluding hydrogens is 623 g/mol. The SMILES string of the molecule is CCOc1ccc(N(CC(=O)N(Cc2ccccc2)[C@@H](Cc2ccccc2)C(=O)NC2CCCCC2)S(=O)(=O)c2ccc(C)cc2)cc1. The molecule has 1 saturated carbocycles. The molecule has 0 unspecified atom stereocenters. The van der Waals surface area contributed by atoms with Crippen LogP contribution in [0.1, 0.15) is 55.7 Å². The Balaban J connectivity index is 1.55.